The van der Waals surface area contributed by atoms with Crippen molar-refractivity contribution in [2.24, 2.45) is 0 Å². The number of pyridine rings is 1. The molecule has 0 aliphatic rings. The van der Waals surface area contributed by atoms with Crippen molar-refractivity contribution in [2.75, 3.05) is 5.73 Å². The van der Waals surface area contributed by atoms with Gasteiger partial charge in [-0.25, -0.2) is 9.97 Å². The molecule has 0 saturated carbocycles. The van der Waals surface area contributed by atoms with Crippen molar-refractivity contribution in [1.29, 1.82) is 0 Å². The van der Waals surface area contributed by atoms with Gasteiger partial charge in [-0.05, 0) is 25.0 Å². The zero-order valence-corrected chi connectivity index (χ0v) is 11.9. The summed E-state index contributed by atoms with van der Waals surface area (Å²) in [5, 5.41) is 0.567. The van der Waals surface area contributed by atoms with E-state index in [2.05, 4.69) is 29.0 Å². The van der Waals surface area contributed by atoms with Crippen molar-refractivity contribution in [3.63, 3.8) is 0 Å². The highest BCUT2D eigenvalue weighted by molar-refractivity contribution is 6.31. The monoisotopic (exact) mass is 286 g/mol. The largest absolute Gasteiger partial charge is 0.369 e. The Balaban J connectivity index is 1.99. The van der Waals surface area contributed by atoms with Crippen molar-refractivity contribution in [1.82, 2.24) is 14.5 Å². The smallest absolute Gasteiger partial charge is 0.202 e. The van der Waals surface area contributed by atoms with E-state index in [1.165, 1.54) is 5.56 Å². The van der Waals surface area contributed by atoms with Crippen LogP contribution in [0.25, 0.3) is 11.2 Å². The second-order valence-electron chi connectivity index (χ2n) is 4.88. The fourth-order valence-corrected chi connectivity index (χ4v) is 2.61. The number of imidazole rings is 1. The molecule has 20 heavy (non-hydrogen) atoms. The van der Waals surface area contributed by atoms with Gasteiger partial charge in [-0.3, -0.25) is 4.57 Å². The predicted octanol–water partition coefficient (Wildman–Crippen LogP) is 3.47. The molecule has 102 valence electrons. The van der Waals surface area contributed by atoms with Gasteiger partial charge in [-0.15, -0.1) is 0 Å². The molecule has 3 rings (SSSR count). The summed E-state index contributed by atoms with van der Waals surface area (Å²) in [7, 11) is 0. The van der Waals surface area contributed by atoms with E-state index in [0.29, 0.717) is 11.0 Å². The first-order chi connectivity index (χ1) is 9.65. The lowest BCUT2D eigenvalue weighted by atomic mass is 10.1. The first kappa shape index (κ1) is 12.9. The molecule has 0 bridgehead atoms. The van der Waals surface area contributed by atoms with E-state index in [9.17, 15) is 0 Å². The van der Waals surface area contributed by atoms with Gasteiger partial charge in [0.1, 0.15) is 5.52 Å². The fourth-order valence-electron chi connectivity index (χ4n) is 2.46. The summed E-state index contributed by atoms with van der Waals surface area (Å²) in [5.74, 6) is 0.471. The first-order valence-electron chi connectivity index (χ1n) is 6.48. The second kappa shape index (κ2) is 5.13. The minimum absolute atomic E-state index is 0.177. The molecule has 0 saturated heterocycles. The Morgan fingerprint density at radius 3 is 2.80 bits per heavy atom. The third kappa shape index (κ3) is 2.34. The van der Waals surface area contributed by atoms with E-state index in [-0.39, 0.29) is 6.04 Å². The van der Waals surface area contributed by atoms with Crippen LogP contribution >= 0.6 is 11.6 Å². The number of halogens is 1. The zero-order chi connectivity index (χ0) is 14.1. The van der Waals surface area contributed by atoms with Gasteiger partial charge < -0.3 is 5.73 Å². The highest BCUT2D eigenvalue weighted by atomic mass is 35.5. The van der Waals surface area contributed by atoms with Crippen molar-refractivity contribution in [2.45, 2.75) is 19.4 Å². The van der Waals surface area contributed by atoms with Crippen LogP contribution < -0.4 is 5.73 Å². The normalized spacial score (nSPS) is 12.7. The van der Waals surface area contributed by atoms with Crippen LogP contribution in [0.5, 0.6) is 0 Å². The maximum absolute atomic E-state index is 6.03. The van der Waals surface area contributed by atoms with E-state index in [1.807, 2.05) is 22.8 Å². The van der Waals surface area contributed by atoms with Crippen LogP contribution in [-0.4, -0.2) is 14.5 Å². The number of nitrogens with zero attached hydrogens (tertiary/aromatic N) is 3. The zero-order valence-electron chi connectivity index (χ0n) is 11.1. The number of anilines is 1. The summed E-state index contributed by atoms with van der Waals surface area (Å²) < 4.78 is 1.96. The van der Waals surface area contributed by atoms with E-state index in [4.69, 9.17) is 17.3 Å². The standard InChI is InChI=1S/C15H15ClN4/c1-10(7-11-5-3-2-4-6-11)20-14-13(19-15(20)17)8-12(16)9-18-14/h2-6,8-10H,7H2,1H3,(H2,17,19). The summed E-state index contributed by atoms with van der Waals surface area (Å²) in [6.07, 6.45) is 2.50. The van der Waals surface area contributed by atoms with Gasteiger partial charge in [-0.2, -0.15) is 0 Å². The van der Waals surface area contributed by atoms with Gasteiger partial charge in [0.15, 0.2) is 5.65 Å². The summed E-state index contributed by atoms with van der Waals surface area (Å²) in [6, 6.07) is 12.3. The summed E-state index contributed by atoms with van der Waals surface area (Å²) in [4.78, 5) is 8.68. The number of rotatable bonds is 3. The van der Waals surface area contributed by atoms with Crippen LogP contribution in [0.3, 0.4) is 0 Å². The molecule has 1 aromatic carbocycles. The third-order valence-electron chi connectivity index (χ3n) is 3.34. The molecular formula is C15H15ClN4. The summed E-state index contributed by atoms with van der Waals surface area (Å²) >= 11 is 5.94. The molecule has 1 atom stereocenters. The van der Waals surface area contributed by atoms with Gasteiger partial charge in [0.05, 0.1) is 5.02 Å². The SMILES string of the molecule is CC(Cc1ccccc1)n1c(N)nc2cc(Cl)cnc21. The molecule has 0 spiro atoms. The van der Waals surface area contributed by atoms with E-state index in [1.54, 1.807) is 12.3 Å². The van der Waals surface area contributed by atoms with Crippen LogP contribution in [0.15, 0.2) is 42.6 Å². The Morgan fingerprint density at radius 2 is 2.05 bits per heavy atom. The lowest BCUT2D eigenvalue weighted by Crippen LogP contribution is -2.11. The van der Waals surface area contributed by atoms with Crippen LogP contribution in [0.4, 0.5) is 5.95 Å². The number of aromatic nitrogens is 3. The maximum Gasteiger partial charge on any atom is 0.202 e. The molecule has 0 aliphatic heterocycles. The molecule has 0 aliphatic carbocycles. The van der Waals surface area contributed by atoms with Crippen molar-refractivity contribution < 1.29 is 0 Å². The van der Waals surface area contributed by atoms with Crippen molar-refractivity contribution >= 4 is 28.7 Å². The minimum Gasteiger partial charge on any atom is -0.369 e. The number of hydrogen-bond acceptors (Lipinski definition) is 3. The maximum atomic E-state index is 6.03. The number of benzene rings is 1. The Morgan fingerprint density at radius 1 is 1.30 bits per heavy atom. The summed E-state index contributed by atoms with van der Waals surface area (Å²) in [6.45, 7) is 2.11. The Labute approximate surface area is 122 Å². The highest BCUT2D eigenvalue weighted by Crippen LogP contribution is 2.25. The molecule has 5 heteroatoms. The number of fused-ring (bicyclic) bond motifs is 1. The lowest BCUT2D eigenvalue weighted by Gasteiger charge is -2.15. The number of nitrogen functional groups attached to an aromatic ring is 1. The molecule has 4 nitrogen and oxygen atoms in total. The Bertz CT molecular complexity index is 736. The van der Waals surface area contributed by atoms with Gasteiger partial charge >= 0.3 is 0 Å². The Hall–Kier alpha value is -2.07. The highest BCUT2D eigenvalue weighted by Gasteiger charge is 2.15. The van der Waals surface area contributed by atoms with Gasteiger partial charge in [0.25, 0.3) is 0 Å². The van der Waals surface area contributed by atoms with Gasteiger partial charge in [-0.1, -0.05) is 41.9 Å². The van der Waals surface area contributed by atoms with Crippen LogP contribution in [-0.2, 0) is 6.42 Å². The molecular weight excluding hydrogens is 272 g/mol. The Kier molecular flexibility index (Phi) is 3.32. The van der Waals surface area contributed by atoms with Crippen molar-refractivity contribution in [3.05, 3.63) is 53.2 Å². The average Bonchev–Trinajstić information content (AvgIpc) is 2.74. The second-order valence-corrected chi connectivity index (χ2v) is 5.31. The van der Waals surface area contributed by atoms with Gasteiger partial charge in [0, 0.05) is 12.2 Å². The molecule has 0 fully saturated rings. The quantitative estimate of drug-likeness (QED) is 0.802. The topological polar surface area (TPSA) is 56.7 Å². The molecule has 0 radical (unpaired) electrons. The minimum atomic E-state index is 0.177. The molecule has 2 N–H and O–H groups in total. The summed E-state index contributed by atoms with van der Waals surface area (Å²) in [5.41, 5.74) is 8.79. The molecule has 2 heterocycles. The first-order valence-corrected chi connectivity index (χ1v) is 6.86. The molecule has 2 aromatic heterocycles. The van der Waals surface area contributed by atoms with Crippen LogP contribution in [0, 0.1) is 0 Å². The lowest BCUT2D eigenvalue weighted by molar-refractivity contribution is 0.563. The van der Waals surface area contributed by atoms with E-state index in [0.717, 1.165) is 17.6 Å². The van der Waals surface area contributed by atoms with E-state index < -0.39 is 0 Å². The van der Waals surface area contributed by atoms with Gasteiger partial charge in [0.2, 0.25) is 5.95 Å². The van der Waals surface area contributed by atoms with E-state index >= 15 is 0 Å². The fraction of sp³-hybridized carbons (Fsp3) is 0.200. The number of hydrogen-bond donors (Lipinski definition) is 1. The molecule has 1 unspecified atom stereocenters. The number of nitrogens with two attached hydrogens (primary N) is 1. The predicted molar refractivity (Wildman–Crippen MR) is 81.8 cm³/mol. The van der Waals surface area contributed by atoms with Crippen LogP contribution in [0.2, 0.25) is 5.02 Å². The third-order valence-corrected chi connectivity index (χ3v) is 3.55. The molecule has 3 aromatic rings. The van der Waals surface area contributed by atoms with Crippen molar-refractivity contribution in [3.8, 4) is 0 Å². The molecule has 0 amide bonds. The average molecular weight is 287 g/mol. The van der Waals surface area contributed by atoms with Crippen LogP contribution in [0.1, 0.15) is 18.5 Å².